The van der Waals surface area contributed by atoms with Gasteiger partial charge in [-0.1, -0.05) is 13.8 Å². The highest BCUT2D eigenvalue weighted by molar-refractivity contribution is 5.83. The number of amides is 1. The number of carbonyl (C=O) groups excluding carboxylic acids is 2. The van der Waals surface area contributed by atoms with Crippen LogP contribution in [0.15, 0.2) is 0 Å². The van der Waals surface area contributed by atoms with Crippen molar-refractivity contribution in [2.45, 2.75) is 27.2 Å². The fourth-order valence-corrected chi connectivity index (χ4v) is 1.96. The van der Waals surface area contributed by atoms with Gasteiger partial charge < -0.3 is 20.1 Å². The first-order valence-electron chi connectivity index (χ1n) is 7.09. The average Bonchev–Trinajstić information content (AvgIpc) is 2.40. The fraction of sp³-hybridized carbons (Fsp3) is 0.857. The summed E-state index contributed by atoms with van der Waals surface area (Å²) in [4.78, 5) is 25.5. The van der Waals surface area contributed by atoms with Crippen LogP contribution < -0.4 is 5.73 Å². The molecule has 0 aromatic heterocycles. The molecule has 0 rings (SSSR count). The quantitative estimate of drug-likeness (QED) is 0.597. The SMILES string of the molecule is CCOC(=O)CN(CCOC)C(=O)C(CN)CC(C)C. The summed E-state index contributed by atoms with van der Waals surface area (Å²) in [6.07, 6.45) is 0.710. The Kier molecular flexibility index (Phi) is 10.0. The van der Waals surface area contributed by atoms with Gasteiger partial charge in [0.2, 0.25) is 5.91 Å². The summed E-state index contributed by atoms with van der Waals surface area (Å²) in [6.45, 7) is 7.10. The molecule has 0 bridgehead atoms. The number of esters is 1. The molecule has 0 aliphatic heterocycles. The highest BCUT2D eigenvalue weighted by Gasteiger charge is 2.25. The van der Waals surface area contributed by atoms with E-state index >= 15 is 0 Å². The molecule has 0 aliphatic carbocycles. The Hall–Kier alpha value is -1.14. The van der Waals surface area contributed by atoms with E-state index in [1.54, 1.807) is 14.0 Å². The standard InChI is InChI=1S/C14H28N2O4/c1-5-20-13(17)10-16(6-7-19-4)14(18)12(9-15)8-11(2)3/h11-12H,5-10,15H2,1-4H3. The van der Waals surface area contributed by atoms with Crippen molar-refractivity contribution in [1.29, 1.82) is 0 Å². The monoisotopic (exact) mass is 288 g/mol. The molecule has 1 amide bonds. The summed E-state index contributed by atoms with van der Waals surface area (Å²) >= 11 is 0. The summed E-state index contributed by atoms with van der Waals surface area (Å²) in [5, 5.41) is 0. The van der Waals surface area contributed by atoms with E-state index in [0.717, 1.165) is 0 Å². The number of hydrogen-bond acceptors (Lipinski definition) is 5. The molecule has 0 aliphatic rings. The Morgan fingerprint density at radius 2 is 1.95 bits per heavy atom. The molecule has 6 nitrogen and oxygen atoms in total. The molecule has 20 heavy (non-hydrogen) atoms. The van der Waals surface area contributed by atoms with Crippen LogP contribution in [0.25, 0.3) is 0 Å². The van der Waals surface area contributed by atoms with Crippen LogP contribution in [0.3, 0.4) is 0 Å². The number of methoxy groups -OCH3 is 1. The molecule has 0 radical (unpaired) electrons. The lowest BCUT2D eigenvalue weighted by Crippen LogP contribution is -2.44. The van der Waals surface area contributed by atoms with Gasteiger partial charge in [-0.15, -0.1) is 0 Å². The topological polar surface area (TPSA) is 81.9 Å². The van der Waals surface area contributed by atoms with Gasteiger partial charge in [0.25, 0.3) is 0 Å². The molecule has 0 fully saturated rings. The Bertz CT molecular complexity index is 295. The molecule has 118 valence electrons. The highest BCUT2D eigenvalue weighted by atomic mass is 16.5. The summed E-state index contributed by atoms with van der Waals surface area (Å²) in [5.74, 6) is -0.399. The summed E-state index contributed by atoms with van der Waals surface area (Å²) in [6, 6.07) is 0. The smallest absolute Gasteiger partial charge is 0.325 e. The van der Waals surface area contributed by atoms with E-state index in [2.05, 4.69) is 0 Å². The first-order valence-corrected chi connectivity index (χ1v) is 7.09. The Morgan fingerprint density at radius 1 is 1.30 bits per heavy atom. The van der Waals surface area contributed by atoms with Crippen LogP contribution in [-0.2, 0) is 19.1 Å². The summed E-state index contributed by atoms with van der Waals surface area (Å²) in [7, 11) is 1.56. The Labute approximate surface area is 121 Å². The molecule has 2 N–H and O–H groups in total. The van der Waals surface area contributed by atoms with Gasteiger partial charge in [-0.2, -0.15) is 0 Å². The van der Waals surface area contributed by atoms with Gasteiger partial charge in [-0.05, 0) is 19.3 Å². The van der Waals surface area contributed by atoms with Crippen molar-refractivity contribution in [2.24, 2.45) is 17.6 Å². The van der Waals surface area contributed by atoms with Crippen molar-refractivity contribution in [3.05, 3.63) is 0 Å². The van der Waals surface area contributed by atoms with Crippen molar-refractivity contribution >= 4 is 11.9 Å². The molecule has 0 saturated carbocycles. The third-order valence-electron chi connectivity index (χ3n) is 2.89. The lowest BCUT2D eigenvalue weighted by molar-refractivity contribution is -0.150. The van der Waals surface area contributed by atoms with Crippen molar-refractivity contribution in [3.8, 4) is 0 Å². The maximum Gasteiger partial charge on any atom is 0.325 e. The van der Waals surface area contributed by atoms with E-state index in [1.807, 2.05) is 13.8 Å². The molecular weight excluding hydrogens is 260 g/mol. The normalized spacial score (nSPS) is 12.3. The lowest BCUT2D eigenvalue weighted by atomic mass is 9.96. The molecule has 0 aromatic carbocycles. The molecule has 6 heteroatoms. The number of rotatable bonds is 10. The molecule has 1 atom stereocenters. The maximum absolute atomic E-state index is 12.4. The number of carbonyl (C=O) groups is 2. The van der Waals surface area contributed by atoms with Crippen LogP contribution >= 0.6 is 0 Å². The van der Waals surface area contributed by atoms with Gasteiger partial charge in [-0.25, -0.2) is 0 Å². The first-order chi connectivity index (χ1) is 9.46. The van der Waals surface area contributed by atoms with Crippen LogP contribution in [0.5, 0.6) is 0 Å². The fourth-order valence-electron chi connectivity index (χ4n) is 1.96. The van der Waals surface area contributed by atoms with E-state index in [0.29, 0.717) is 32.1 Å². The van der Waals surface area contributed by atoms with Gasteiger partial charge in [0.1, 0.15) is 6.54 Å². The highest BCUT2D eigenvalue weighted by Crippen LogP contribution is 2.14. The third kappa shape index (κ3) is 7.45. The second-order valence-electron chi connectivity index (χ2n) is 5.12. The molecule has 1 unspecified atom stereocenters. The third-order valence-corrected chi connectivity index (χ3v) is 2.89. The van der Waals surface area contributed by atoms with Crippen LogP contribution in [0, 0.1) is 11.8 Å². The van der Waals surface area contributed by atoms with Crippen molar-refractivity contribution in [3.63, 3.8) is 0 Å². The van der Waals surface area contributed by atoms with Crippen LogP contribution in [0.4, 0.5) is 0 Å². The Morgan fingerprint density at radius 3 is 2.40 bits per heavy atom. The van der Waals surface area contributed by atoms with E-state index < -0.39 is 5.97 Å². The van der Waals surface area contributed by atoms with Gasteiger partial charge in [0, 0.05) is 20.2 Å². The van der Waals surface area contributed by atoms with Crippen molar-refractivity contribution < 1.29 is 19.1 Å². The number of nitrogens with zero attached hydrogens (tertiary/aromatic N) is 1. The van der Waals surface area contributed by atoms with Crippen molar-refractivity contribution in [1.82, 2.24) is 4.90 Å². The van der Waals surface area contributed by atoms with Crippen molar-refractivity contribution in [2.75, 3.05) is 40.0 Å². The van der Waals surface area contributed by atoms with E-state index in [-0.39, 0.29) is 24.9 Å². The second-order valence-corrected chi connectivity index (χ2v) is 5.12. The predicted molar refractivity (Wildman–Crippen MR) is 77.1 cm³/mol. The minimum Gasteiger partial charge on any atom is -0.465 e. The zero-order chi connectivity index (χ0) is 15.5. The molecule has 0 aromatic rings. The molecule has 0 saturated heterocycles. The predicted octanol–water partition coefficient (Wildman–Crippen LogP) is 0.646. The zero-order valence-electron chi connectivity index (χ0n) is 13.1. The lowest BCUT2D eigenvalue weighted by Gasteiger charge is -2.26. The molecule has 0 heterocycles. The molecular formula is C14H28N2O4. The van der Waals surface area contributed by atoms with E-state index in [4.69, 9.17) is 15.2 Å². The maximum atomic E-state index is 12.4. The van der Waals surface area contributed by atoms with Gasteiger partial charge in [0.15, 0.2) is 0 Å². The molecule has 0 spiro atoms. The van der Waals surface area contributed by atoms with Gasteiger partial charge >= 0.3 is 5.97 Å². The van der Waals surface area contributed by atoms with E-state index in [1.165, 1.54) is 4.90 Å². The largest absolute Gasteiger partial charge is 0.465 e. The van der Waals surface area contributed by atoms with Crippen LogP contribution in [-0.4, -0.2) is 56.7 Å². The minimum absolute atomic E-state index is 0.0510. The number of ether oxygens (including phenoxy) is 2. The summed E-state index contributed by atoms with van der Waals surface area (Å²) in [5.41, 5.74) is 5.68. The Balaban J connectivity index is 4.71. The van der Waals surface area contributed by atoms with E-state index in [9.17, 15) is 9.59 Å². The summed E-state index contributed by atoms with van der Waals surface area (Å²) < 4.78 is 9.87. The minimum atomic E-state index is -0.405. The first kappa shape index (κ1) is 18.9. The second kappa shape index (κ2) is 10.6. The van der Waals surface area contributed by atoms with Gasteiger partial charge in [-0.3, -0.25) is 9.59 Å². The van der Waals surface area contributed by atoms with Crippen LogP contribution in [0.1, 0.15) is 27.2 Å². The average molecular weight is 288 g/mol. The zero-order valence-corrected chi connectivity index (χ0v) is 13.1. The van der Waals surface area contributed by atoms with Gasteiger partial charge in [0.05, 0.1) is 19.1 Å². The number of hydrogen-bond donors (Lipinski definition) is 1. The van der Waals surface area contributed by atoms with Crippen LogP contribution in [0.2, 0.25) is 0 Å². The number of nitrogens with two attached hydrogens (primary N) is 1.